The molecule has 0 amide bonds. The fourth-order valence-corrected chi connectivity index (χ4v) is 3.56. The van der Waals surface area contributed by atoms with Crippen LogP contribution in [0.25, 0.3) is 0 Å². The molecule has 1 aromatic rings. The Balaban J connectivity index is 2.35. The maximum Gasteiger partial charge on any atom is 0.325 e. The summed E-state index contributed by atoms with van der Waals surface area (Å²) in [5, 5.41) is 8.95. The van der Waals surface area contributed by atoms with E-state index in [2.05, 4.69) is 0 Å². The molecule has 0 radical (unpaired) electrons. The molecule has 0 aliphatic carbocycles. The fourth-order valence-electron chi connectivity index (χ4n) is 2.00. The molecule has 1 aromatic carbocycles. The van der Waals surface area contributed by atoms with Gasteiger partial charge in [0.25, 0.3) is 0 Å². The molecule has 1 atom stereocenters. The van der Waals surface area contributed by atoms with Crippen LogP contribution < -0.4 is 5.73 Å². The minimum Gasteiger partial charge on any atom is -0.480 e. The van der Waals surface area contributed by atoms with E-state index in [9.17, 15) is 22.0 Å². The molecule has 1 aliphatic rings. The summed E-state index contributed by atoms with van der Waals surface area (Å²) in [6.07, 6.45) is -0.0701. The Hall–Kier alpha value is -1.58. The van der Waals surface area contributed by atoms with E-state index in [1.807, 2.05) is 0 Å². The number of nitrogens with two attached hydrogens (primary N) is 1. The molecule has 9 heteroatoms. The van der Waals surface area contributed by atoms with Gasteiger partial charge in [0.05, 0.1) is 4.90 Å². The van der Waals surface area contributed by atoms with Gasteiger partial charge < -0.3 is 10.8 Å². The topological polar surface area (TPSA) is 101 Å². The second-order valence-corrected chi connectivity index (χ2v) is 6.59. The summed E-state index contributed by atoms with van der Waals surface area (Å²) in [7, 11) is -4.18. The quantitative estimate of drug-likeness (QED) is 0.827. The molecule has 0 spiro atoms. The normalized spacial score (nSPS) is 23.9. The summed E-state index contributed by atoms with van der Waals surface area (Å²) in [6.45, 7) is -0.563. The van der Waals surface area contributed by atoms with Crippen molar-refractivity contribution < 1.29 is 27.1 Å². The van der Waals surface area contributed by atoms with E-state index < -0.39 is 44.6 Å². The number of nitrogens with zero attached hydrogens (tertiary/aromatic N) is 1. The third-order valence-corrected chi connectivity index (χ3v) is 4.99. The zero-order chi connectivity index (χ0) is 15.1. The number of halogens is 2. The average Bonchev–Trinajstić information content (AvgIpc) is 2.73. The van der Waals surface area contributed by atoms with E-state index in [-0.39, 0.29) is 13.0 Å². The van der Waals surface area contributed by atoms with Crippen molar-refractivity contribution in [1.82, 2.24) is 4.31 Å². The second-order valence-electron chi connectivity index (χ2n) is 4.66. The van der Waals surface area contributed by atoms with Gasteiger partial charge in [0.15, 0.2) is 0 Å². The van der Waals surface area contributed by atoms with Crippen LogP contribution in [0.15, 0.2) is 23.1 Å². The third kappa shape index (κ3) is 2.51. The summed E-state index contributed by atoms with van der Waals surface area (Å²) < 4.78 is 51.4. The second kappa shape index (κ2) is 4.76. The Kier molecular flexibility index (Phi) is 3.53. The first kappa shape index (κ1) is 14.8. The van der Waals surface area contributed by atoms with E-state index in [0.29, 0.717) is 18.2 Å². The molecule has 2 rings (SSSR count). The van der Waals surface area contributed by atoms with Crippen molar-refractivity contribution in [2.24, 2.45) is 5.73 Å². The number of aliphatic carboxylic acids is 1. The van der Waals surface area contributed by atoms with Gasteiger partial charge in [0.1, 0.15) is 17.2 Å². The van der Waals surface area contributed by atoms with Gasteiger partial charge in [-0.1, -0.05) is 0 Å². The van der Waals surface area contributed by atoms with Crippen LogP contribution in [0, 0.1) is 11.6 Å². The number of hydrogen-bond acceptors (Lipinski definition) is 4. The van der Waals surface area contributed by atoms with Crippen molar-refractivity contribution in [1.29, 1.82) is 0 Å². The number of sulfonamides is 1. The molecular weight excluding hydrogens is 294 g/mol. The summed E-state index contributed by atoms with van der Waals surface area (Å²) in [5.41, 5.74) is 3.89. The molecule has 3 N–H and O–H groups in total. The van der Waals surface area contributed by atoms with Gasteiger partial charge in [-0.15, -0.1) is 0 Å². The van der Waals surface area contributed by atoms with Crippen LogP contribution in [-0.2, 0) is 14.8 Å². The van der Waals surface area contributed by atoms with Crippen molar-refractivity contribution in [3.8, 4) is 0 Å². The third-order valence-electron chi connectivity index (χ3n) is 3.17. The molecule has 1 saturated heterocycles. The van der Waals surface area contributed by atoms with E-state index in [1.165, 1.54) is 0 Å². The van der Waals surface area contributed by atoms with Crippen LogP contribution in [0.3, 0.4) is 0 Å². The molecule has 0 saturated carbocycles. The fraction of sp³-hybridized carbons (Fsp3) is 0.364. The number of carboxylic acids is 1. The van der Waals surface area contributed by atoms with Crippen LogP contribution >= 0.6 is 0 Å². The lowest BCUT2D eigenvalue weighted by molar-refractivity contribution is -0.142. The molecule has 6 nitrogen and oxygen atoms in total. The van der Waals surface area contributed by atoms with Crippen molar-refractivity contribution >= 4 is 16.0 Å². The van der Waals surface area contributed by atoms with Crippen LogP contribution in [0.5, 0.6) is 0 Å². The van der Waals surface area contributed by atoms with Gasteiger partial charge in [-0.05, 0) is 18.6 Å². The molecule has 20 heavy (non-hydrogen) atoms. The maximum atomic E-state index is 13.1. The molecule has 1 unspecified atom stereocenters. The minimum atomic E-state index is -4.18. The predicted octanol–water partition coefficient (Wildman–Crippen LogP) is 0.141. The Bertz CT molecular complexity index is 644. The Labute approximate surface area is 113 Å². The largest absolute Gasteiger partial charge is 0.480 e. The predicted molar refractivity (Wildman–Crippen MR) is 64.3 cm³/mol. The zero-order valence-electron chi connectivity index (χ0n) is 10.2. The summed E-state index contributed by atoms with van der Waals surface area (Å²) >= 11 is 0. The number of carboxylic acid groups (broad SMARTS) is 1. The Morgan fingerprint density at radius 1 is 1.30 bits per heavy atom. The molecule has 0 aromatic heterocycles. The first-order valence-corrected chi connectivity index (χ1v) is 7.08. The monoisotopic (exact) mass is 306 g/mol. The Morgan fingerprint density at radius 2 is 1.85 bits per heavy atom. The number of benzene rings is 1. The van der Waals surface area contributed by atoms with Gasteiger partial charge in [-0.25, -0.2) is 17.2 Å². The highest BCUT2D eigenvalue weighted by Gasteiger charge is 2.45. The summed E-state index contributed by atoms with van der Waals surface area (Å²) in [5.74, 6) is -3.37. The van der Waals surface area contributed by atoms with Gasteiger partial charge in [0.2, 0.25) is 10.0 Å². The lowest BCUT2D eigenvalue weighted by Crippen LogP contribution is -2.50. The lowest BCUT2D eigenvalue weighted by Gasteiger charge is -2.20. The highest BCUT2D eigenvalue weighted by molar-refractivity contribution is 7.89. The smallest absolute Gasteiger partial charge is 0.325 e. The highest BCUT2D eigenvalue weighted by Crippen LogP contribution is 2.26. The van der Waals surface area contributed by atoms with Crippen molar-refractivity contribution in [3.63, 3.8) is 0 Å². The first-order valence-electron chi connectivity index (χ1n) is 5.64. The number of rotatable bonds is 3. The van der Waals surface area contributed by atoms with Crippen molar-refractivity contribution in [2.75, 3.05) is 13.1 Å². The standard InChI is InChI=1S/C11H12F2N2O4S/c12-7-3-8(13)5-9(4-7)20(18,19)15-2-1-11(14,6-15)10(16)17/h3-5H,1-2,6,14H2,(H,16,17). The van der Waals surface area contributed by atoms with Crippen LogP contribution in [0.4, 0.5) is 8.78 Å². The van der Waals surface area contributed by atoms with E-state index in [0.717, 1.165) is 4.31 Å². The molecule has 1 aliphatic heterocycles. The molecule has 110 valence electrons. The van der Waals surface area contributed by atoms with Crippen LogP contribution in [0.2, 0.25) is 0 Å². The van der Waals surface area contributed by atoms with Crippen molar-refractivity contribution in [2.45, 2.75) is 16.9 Å². The van der Waals surface area contributed by atoms with Gasteiger partial charge >= 0.3 is 5.97 Å². The summed E-state index contributed by atoms with van der Waals surface area (Å²) in [6, 6.07) is 1.90. The molecule has 1 heterocycles. The van der Waals surface area contributed by atoms with Crippen LogP contribution in [-0.4, -0.2) is 42.4 Å². The molecular formula is C11H12F2N2O4S. The van der Waals surface area contributed by atoms with Crippen molar-refractivity contribution in [3.05, 3.63) is 29.8 Å². The van der Waals surface area contributed by atoms with E-state index >= 15 is 0 Å². The van der Waals surface area contributed by atoms with E-state index in [1.54, 1.807) is 0 Å². The Morgan fingerprint density at radius 3 is 2.30 bits per heavy atom. The SMILES string of the molecule is NC1(C(=O)O)CCN(S(=O)(=O)c2cc(F)cc(F)c2)C1. The molecule has 1 fully saturated rings. The number of hydrogen-bond donors (Lipinski definition) is 2. The molecule has 0 bridgehead atoms. The van der Waals surface area contributed by atoms with Crippen LogP contribution in [0.1, 0.15) is 6.42 Å². The number of carbonyl (C=O) groups is 1. The summed E-state index contributed by atoms with van der Waals surface area (Å²) in [4.78, 5) is 10.4. The van der Waals surface area contributed by atoms with Gasteiger partial charge in [-0.3, -0.25) is 4.79 Å². The first-order chi connectivity index (χ1) is 9.15. The zero-order valence-corrected chi connectivity index (χ0v) is 11.0. The van der Waals surface area contributed by atoms with Gasteiger partial charge in [-0.2, -0.15) is 4.31 Å². The van der Waals surface area contributed by atoms with E-state index in [4.69, 9.17) is 10.8 Å². The minimum absolute atomic E-state index is 0.0701. The lowest BCUT2D eigenvalue weighted by atomic mass is 10.0. The maximum absolute atomic E-state index is 13.1. The highest BCUT2D eigenvalue weighted by atomic mass is 32.2. The average molecular weight is 306 g/mol. The van der Waals surface area contributed by atoms with Gasteiger partial charge in [0, 0.05) is 19.2 Å².